The number of halogens is 1. The lowest BCUT2D eigenvalue weighted by Crippen LogP contribution is -1.99. The Balaban J connectivity index is 1.95. The molecule has 1 N–H and O–H groups in total. The average molecular weight is 263 g/mol. The first kappa shape index (κ1) is 13.0. The highest BCUT2D eigenvalue weighted by molar-refractivity contribution is 6.31. The number of hydrogen-bond donors (Lipinski definition) is 1. The van der Waals surface area contributed by atoms with Crippen LogP contribution < -0.4 is 5.32 Å². The zero-order valence-electron chi connectivity index (χ0n) is 10.9. The van der Waals surface area contributed by atoms with Crippen LogP contribution in [0.15, 0.2) is 36.7 Å². The highest BCUT2D eigenvalue weighted by Crippen LogP contribution is 2.20. The van der Waals surface area contributed by atoms with E-state index in [9.17, 15) is 0 Å². The van der Waals surface area contributed by atoms with E-state index in [0.717, 1.165) is 35.8 Å². The number of aryl methyl sites for hydroxylation is 2. The maximum atomic E-state index is 6.10. The van der Waals surface area contributed by atoms with Gasteiger partial charge in [0.1, 0.15) is 0 Å². The standard InChI is InChI=1S/C15H19ClN2/c1-3-7-18-8-6-13(11-18)10-17-14-5-4-12(2)15(16)9-14/h4-6,8-9,11,17H,3,7,10H2,1-2H3. The van der Waals surface area contributed by atoms with Crippen LogP contribution in [0.3, 0.4) is 0 Å². The Kier molecular flexibility index (Phi) is 4.32. The van der Waals surface area contributed by atoms with Crippen LogP contribution in [0.25, 0.3) is 0 Å². The number of aromatic nitrogens is 1. The normalized spacial score (nSPS) is 10.6. The fourth-order valence-electron chi connectivity index (χ4n) is 1.90. The van der Waals surface area contributed by atoms with Gasteiger partial charge < -0.3 is 9.88 Å². The first-order valence-electron chi connectivity index (χ1n) is 6.33. The molecule has 0 amide bonds. The largest absolute Gasteiger partial charge is 0.381 e. The second kappa shape index (κ2) is 5.96. The Morgan fingerprint density at radius 3 is 2.83 bits per heavy atom. The molecule has 0 spiro atoms. The molecular weight excluding hydrogens is 244 g/mol. The third-order valence-corrected chi connectivity index (χ3v) is 3.37. The van der Waals surface area contributed by atoms with Crippen LogP contribution in [0.2, 0.25) is 5.02 Å². The van der Waals surface area contributed by atoms with Gasteiger partial charge in [-0.1, -0.05) is 24.6 Å². The summed E-state index contributed by atoms with van der Waals surface area (Å²) in [5, 5.41) is 4.20. The van der Waals surface area contributed by atoms with Crippen LogP contribution in [0.1, 0.15) is 24.5 Å². The third-order valence-electron chi connectivity index (χ3n) is 2.96. The van der Waals surface area contributed by atoms with Gasteiger partial charge in [-0.15, -0.1) is 0 Å². The Labute approximate surface area is 114 Å². The first-order valence-corrected chi connectivity index (χ1v) is 6.71. The van der Waals surface area contributed by atoms with Crippen LogP contribution in [-0.4, -0.2) is 4.57 Å². The summed E-state index contributed by atoms with van der Waals surface area (Å²) in [5.74, 6) is 0. The molecule has 2 rings (SSSR count). The molecule has 18 heavy (non-hydrogen) atoms. The van der Waals surface area contributed by atoms with Gasteiger partial charge in [0.2, 0.25) is 0 Å². The summed E-state index contributed by atoms with van der Waals surface area (Å²) in [5.41, 5.74) is 3.46. The van der Waals surface area contributed by atoms with Crippen LogP contribution in [0, 0.1) is 6.92 Å². The van der Waals surface area contributed by atoms with Gasteiger partial charge >= 0.3 is 0 Å². The Morgan fingerprint density at radius 2 is 2.11 bits per heavy atom. The van der Waals surface area contributed by atoms with E-state index in [1.807, 2.05) is 19.1 Å². The predicted octanol–water partition coefficient (Wildman–Crippen LogP) is 4.47. The minimum absolute atomic E-state index is 0.809. The summed E-state index contributed by atoms with van der Waals surface area (Å²) in [4.78, 5) is 0. The van der Waals surface area contributed by atoms with E-state index in [0.29, 0.717) is 0 Å². The molecule has 96 valence electrons. The number of benzene rings is 1. The molecule has 0 aliphatic carbocycles. The molecule has 0 atom stereocenters. The number of anilines is 1. The van der Waals surface area contributed by atoms with Crippen LogP contribution in [-0.2, 0) is 13.1 Å². The zero-order chi connectivity index (χ0) is 13.0. The summed E-state index contributed by atoms with van der Waals surface area (Å²) >= 11 is 6.10. The van der Waals surface area contributed by atoms with Gasteiger partial charge in [-0.25, -0.2) is 0 Å². The van der Waals surface area contributed by atoms with Gasteiger partial charge in [0.15, 0.2) is 0 Å². The van der Waals surface area contributed by atoms with E-state index < -0.39 is 0 Å². The minimum atomic E-state index is 0.809. The topological polar surface area (TPSA) is 17.0 Å². The molecule has 3 heteroatoms. The lowest BCUT2D eigenvalue weighted by atomic mass is 10.2. The second-order valence-corrected chi connectivity index (χ2v) is 4.98. The third kappa shape index (κ3) is 3.30. The molecule has 1 heterocycles. The maximum absolute atomic E-state index is 6.10. The van der Waals surface area contributed by atoms with Crippen molar-refractivity contribution in [2.45, 2.75) is 33.4 Å². The van der Waals surface area contributed by atoms with Crippen molar-refractivity contribution in [2.24, 2.45) is 0 Å². The minimum Gasteiger partial charge on any atom is -0.381 e. The van der Waals surface area contributed by atoms with Gasteiger partial charge in [0.05, 0.1) is 0 Å². The Bertz CT molecular complexity index is 517. The van der Waals surface area contributed by atoms with Crippen LogP contribution in [0.5, 0.6) is 0 Å². The highest BCUT2D eigenvalue weighted by Gasteiger charge is 1.99. The van der Waals surface area contributed by atoms with Crippen molar-refractivity contribution < 1.29 is 0 Å². The van der Waals surface area contributed by atoms with Crippen molar-refractivity contribution in [1.29, 1.82) is 0 Å². The summed E-state index contributed by atoms with van der Waals surface area (Å²) < 4.78 is 2.22. The van der Waals surface area contributed by atoms with E-state index in [1.54, 1.807) is 0 Å². The quantitative estimate of drug-likeness (QED) is 0.841. The smallest absolute Gasteiger partial charge is 0.0455 e. The van der Waals surface area contributed by atoms with Gasteiger partial charge in [-0.3, -0.25) is 0 Å². The highest BCUT2D eigenvalue weighted by atomic mass is 35.5. The molecule has 0 bridgehead atoms. The van der Waals surface area contributed by atoms with Crippen molar-refractivity contribution in [3.8, 4) is 0 Å². The number of nitrogens with zero attached hydrogens (tertiary/aromatic N) is 1. The number of rotatable bonds is 5. The summed E-state index contributed by atoms with van der Waals surface area (Å²) in [6.45, 7) is 6.11. The molecule has 0 unspecified atom stereocenters. The molecule has 0 fully saturated rings. The predicted molar refractivity (Wildman–Crippen MR) is 78.2 cm³/mol. The summed E-state index contributed by atoms with van der Waals surface area (Å²) in [7, 11) is 0. The van der Waals surface area contributed by atoms with E-state index in [4.69, 9.17) is 11.6 Å². The maximum Gasteiger partial charge on any atom is 0.0455 e. The Morgan fingerprint density at radius 1 is 1.28 bits per heavy atom. The van der Waals surface area contributed by atoms with Crippen molar-refractivity contribution in [3.63, 3.8) is 0 Å². The van der Waals surface area contributed by atoms with Gasteiger partial charge in [-0.2, -0.15) is 0 Å². The van der Waals surface area contributed by atoms with Crippen molar-refractivity contribution in [3.05, 3.63) is 52.8 Å². The van der Waals surface area contributed by atoms with Crippen LogP contribution >= 0.6 is 11.6 Å². The first-order chi connectivity index (χ1) is 8.69. The SMILES string of the molecule is CCCn1ccc(CNc2ccc(C)c(Cl)c2)c1. The molecule has 0 aliphatic rings. The van der Waals surface area contributed by atoms with Crippen molar-refractivity contribution >= 4 is 17.3 Å². The average Bonchev–Trinajstić information content (AvgIpc) is 2.79. The number of hydrogen-bond acceptors (Lipinski definition) is 1. The molecule has 0 aliphatic heterocycles. The monoisotopic (exact) mass is 262 g/mol. The molecule has 0 saturated heterocycles. The molecule has 2 nitrogen and oxygen atoms in total. The summed E-state index contributed by atoms with van der Waals surface area (Å²) in [6.07, 6.45) is 5.48. The van der Waals surface area contributed by atoms with Crippen LogP contribution in [0.4, 0.5) is 5.69 Å². The van der Waals surface area contributed by atoms with Gasteiger partial charge in [0.25, 0.3) is 0 Å². The molecule has 1 aromatic heterocycles. The van der Waals surface area contributed by atoms with Crippen molar-refractivity contribution in [1.82, 2.24) is 4.57 Å². The molecular formula is C15H19ClN2. The second-order valence-electron chi connectivity index (χ2n) is 4.58. The van der Waals surface area contributed by atoms with E-state index in [-0.39, 0.29) is 0 Å². The lowest BCUT2D eigenvalue weighted by Gasteiger charge is -2.07. The van der Waals surface area contributed by atoms with E-state index in [1.165, 1.54) is 5.56 Å². The van der Waals surface area contributed by atoms with Crippen molar-refractivity contribution in [2.75, 3.05) is 5.32 Å². The van der Waals surface area contributed by atoms with E-state index >= 15 is 0 Å². The number of nitrogens with one attached hydrogen (secondary N) is 1. The van der Waals surface area contributed by atoms with E-state index in [2.05, 4.69) is 41.3 Å². The fraction of sp³-hybridized carbons (Fsp3) is 0.333. The van der Waals surface area contributed by atoms with Gasteiger partial charge in [0, 0.05) is 36.2 Å². The molecule has 0 saturated carbocycles. The fourth-order valence-corrected chi connectivity index (χ4v) is 2.08. The molecule has 2 aromatic rings. The molecule has 1 aromatic carbocycles. The van der Waals surface area contributed by atoms with Gasteiger partial charge in [-0.05, 0) is 42.7 Å². The zero-order valence-corrected chi connectivity index (χ0v) is 11.7. The Hall–Kier alpha value is -1.41. The lowest BCUT2D eigenvalue weighted by molar-refractivity contribution is 0.682. The summed E-state index contributed by atoms with van der Waals surface area (Å²) in [6, 6.07) is 8.22. The molecule has 0 radical (unpaired) electrons.